The molecule has 0 aliphatic carbocycles. The summed E-state index contributed by atoms with van der Waals surface area (Å²) in [6.07, 6.45) is 5.68. The van der Waals surface area contributed by atoms with Gasteiger partial charge in [-0.25, -0.2) is 4.79 Å². The molecule has 1 unspecified atom stereocenters. The number of carbonyl (C=O) groups is 4. The van der Waals surface area contributed by atoms with Crippen molar-refractivity contribution in [3.63, 3.8) is 0 Å². The van der Waals surface area contributed by atoms with Gasteiger partial charge in [-0.3, -0.25) is 19.7 Å². The maximum absolute atomic E-state index is 13.1. The molecule has 9 heteroatoms. The van der Waals surface area contributed by atoms with Crippen molar-refractivity contribution in [1.82, 2.24) is 20.9 Å². The Balaban J connectivity index is 1.72. The number of amides is 5. The van der Waals surface area contributed by atoms with E-state index in [9.17, 15) is 19.2 Å². The highest BCUT2D eigenvalue weighted by Crippen LogP contribution is 2.34. The Kier molecular flexibility index (Phi) is 8.68. The first-order valence-corrected chi connectivity index (χ1v) is 11.9. The number of fused-ring (bicyclic) bond motifs is 1. The normalized spacial score (nSPS) is 17.6. The van der Waals surface area contributed by atoms with Crippen molar-refractivity contribution in [2.45, 2.75) is 64.5 Å². The highest BCUT2D eigenvalue weighted by atomic mass is 16.2. The van der Waals surface area contributed by atoms with E-state index in [0.29, 0.717) is 25.1 Å². The van der Waals surface area contributed by atoms with Gasteiger partial charge >= 0.3 is 6.03 Å². The zero-order valence-corrected chi connectivity index (χ0v) is 19.6. The van der Waals surface area contributed by atoms with Crippen LogP contribution >= 0.6 is 0 Å². The molecule has 2 aliphatic heterocycles. The standard InChI is InChI=1S/C24H35N5O4/c1-3-4-6-14-28(15-7-5-13-26-24(33)25-2)19-10-8-9-17-18(19)16-29(23(17)32)20-11-12-21(30)27-22(20)31/h8-10,20H,3-7,11-16H2,1-2H3,(H2,25,26,33)(H,27,30,31). The molecule has 180 valence electrons. The number of rotatable bonds is 11. The van der Waals surface area contributed by atoms with Crippen molar-refractivity contribution in [3.8, 4) is 0 Å². The fourth-order valence-electron chi connectivity index (χ4n) is 4.49. The Morgan fingerprint density at radius 1 is 1.15 bits per heavy atom. The fraction of sp³-hybridized carbons (Fsp3) is 0.583. The Morgan fingerprint density at radius 3 is 2.61 bits per heavy atom. The van der Waals surface area contributed by atoms with Gasteiger partial charge in [-0.1, -0.05) is 25.8 Å². The van der Waals surface area contributed by atoms with Crippen LogP contribution in [0.25, 0.3) is 0 Å². The molecule has 1 aromatic carbocycles. The SMILES string of the molecule is CCCCCN(CCCCNC(=O)NC)c1cccc2c1CN(C1CCC(=O)NC1=O)C2=O. The van der Waals surface area contributed by atoms with E-state index in [1.54, 1.807) is 11.9 Å². The first-order chi connectivity index (χ1) is 16.0. The molecule has 1 fully saturated rings. The maximum Gasteiger partial charge on any atom is 0.314 e. The van der Waals surface area contributed by atoms with Crippen LogP contribution in [0.1, 0.15) is 67.8 Å². The zero-order valence-electron chi connectivity index (χ0n) is 19.6. The van der Waals surface area contributed by atoms with Crippen LogP contribution in [0.4, 0.5) is 10.5 Å². The molecule has 2 heterocycles. The fourth-order valence-corrected chi connectivity index (χ4v) is 4.49. The number of imide groups is 1. The smallest absolute Gasteiger partial charge is 0.314 e. The van der Waals surface area contributed by atoms with Crippen molar-refractivity contribution < 1.29 is 19.2 Å². The summed E-state index contributed by atoms with van der Waals surface area (Å²) in [6, 6.07) is 4.99. The number of hydrogen-bond donors (Lipinski definition) is 3. The van der Waals surface area contributed by atoms with Crippen LogP contribution in [0.3, 0.4) is 0 Å². The summed E-state index contributed by atoms with van der Waals surface area (Å²) in [5.41, 5.74) is 2.62. The van der Waals surface area contributed by atoms with E-state index in [0.717, 1.165) is 56.4 Å². The molecular formula is C24H35N5O4. The van der Waals surface area contributed by atoms with Crippen LogP contribution in [0.2, 0.25) is 0 Å². The predicted octanol–water partition coefficient (Wildman–Crippen LogP) is 2.15. The number of nitrogens with one attached hydrogen (secondary N) is 3. The van der Waals surface area contributed by atoms with Gasteiger partial charge in [0.25, 0.3) is 5.91 Å². The van der Waals surface area contributed by atoms with Crippen LogP contribution < -0.4 is 20.9 Å². The first-order valence-electron chi connectivity index (χ1n) is 11.9. The summed E-state index contributed by atoms with van der Waals surface area (Å²) < 4.78 is 0. The number of urea groups is 1. The molecule has 1 saturated heterocycles. The number of piperidine rings is 1. The second-order valence-corrected chi connectivity index (χ2v) is 8.61. The monoisotopic (exact) mass is 457 g/mol. The molecule has 1 atom stereocenters. The lowest BCUT2D eigenvalue weighted by Gasteiger charge is -2.30. The van der Waals surface area contributed by atoms with E-state index < -0.39 is 11.9 Å². The van der Waals surface area contributed by atoms with Gasteiger partial charge in [0.15, 0.2) is 0 Å². The van der Waals surface area contributed by atoms with Gasteiger partial charge in [0.05, 0.1) is 0 Å². The summed E-state index contributed by atoms with van der Waals surface area (Å²) in [6.45, 7) is 4.86. The molecule has 3 rings (SSSR count). The average molecular weight is 458 g/mol. The molecule has 0 saturated carbocycles. The number of carbonyl (C=O) groups excluding carboxylic acids is 4. The minimum atomic E-state index is -0.611. The maximum atomic E-state index is 13.1. The van der Waals surface area contributed by atoms with Crippen LogP contribution in [0.5, 0.6) is 0 Å². The number of unbranched alkanes of at least 4 members (excludes halogenated alkanes) is 3. The second-order valence-electron chi connectivity index (χ2n) is 8.61. The molecule has 3 N–H and O–H groups in total. The first kappa shape index (κ1) is 24.5. The number of hydrogen-bond acceptors (Lipinski definition) is 5. The zero-order chi connectivity index (χ0) is 23.8. The molecule has 0 spiro atoms. The van der Waals surface area contributed by atoms with E-state index in [4.69, 9.17) is 0 Å². The van der Waals surface area contributed by atoms with Gasteiger partial charge in [0.1, 0.15) is 6.04 Å². The lowest BCUT2D eigenvalue weighted by atomic mass is 10.0. The summed E-state index contributed by atoms with van der Waals surface area (Å²) in [7, 11) is 1.60. The minimum Gasteiger partial charge on any atom is -0.371 e. The van der Waals surface area contributed by atoms with Crippen molar-refractivity contribution in [3.05, 3.63) is 29.3 Å². The summed E-state index contributed by atoms with van der Waals surface area (Å²) in [4.78, 5) is 52.3. The van der Waals surface area contributed by atoms with Crippen molar-refractivity contribution in [2.24, 2.45) is 0 Å². The molecule has 0 aromatic heterocycles. The summed E-state index contributed by atoms with van der Waals surface area (Å²) in [5, 5.41) is 7.72. The molecular weight excluding hydrogens is 422 g/mol. The Morgan fingerprint density at radius 2 is 1.91 bits per heavy atom. The summed E-state index contributed by atoms with van der Waals surface area (Å²) in [5.74, 6) is -0.823. The molecule has 1 aromatic rings. The highest BCUT2D eigenvalue weighted by molar-refractivity contribution is 6.06. The Bertz CT molecular complexity index is 888. The van der Waals surface area contributed by atoms with Crippen molar-refractivity contribution >= 4 is 29.4 Å². The number of anilines is 1. The molecule has 5 amide bonds. The van der Waals surface area contributed by atoms with Gasteiger partial charge in [-0.2, -0.15) is 0 Å². The van der Waals surface area contributed by atoms with E-state index in [2.05, 4.69) is 33.8 Å². The molecule has 33 heavy (non-hydrogen) atoms. The highest BCUT2D eigenvalue weighted by Gasteiger charge is 2.40. The van der Waals surface area contributed by atoms with Gasteiger partial charge in [-0.15, -0.1) is 0 Å². The van der Waals surface area contributed by atoms with Gasteiger partial charge in [-0.05, 0) is 37.8 Å². The van der Waals surface area contributed by atoms with E-state index >= 15 is 0 Å². The number of benzene rings is 1. The largest absolute Gasteiger partial charge is 0.371 e. The van der Waals surface area contributed by atoms with Crippen LogP contribution in [0, 0.1) is 0 Å². The minimum absolute atomic E-state index is 0.148. The topological polar surface area (TPSA) is 111 Å². The molecule has 0 radical (unpaired) electrons. The van der Waals surface area contributed by atoms with Gasteiger partial charge < -0.3 is 20.4 Å². The van der Waals surface area contributed by atoms with E-state index in [-0.39, 0.29) is 24.3 Å². The van der Waals surface area contributed by atoms with E-state index in [1.165, 1.54) is 0 Å². The second kappa shape index (κ2) is 11.7. The lowest BCUT2D eigenvalue weighted by Crippen LogP contribution is -2.52. The molecule has 0 bridgehead atoms. The third kappa shape index (κ3) is 6.03. The van der Waals surface area contributed by atoms with Crippen molar-refractivity contribution in [1.29, 1.82) is 0 Å². The summed E-state index contributed by atoms with van der Waals surface area (Å²) >= 11 is 0. The van der Waals surface area contributed by atoms with E-state index in [1.807, 2.05) is 12.1 Å². The lowest BCUT2D eigenvalue weighted by molar-refractivity contribution is -0.136. The van der Waals surface area contributed by atoms with Crippen molar-refractivity contribution in [2.75, 3.05) is 31.6 Å². The molecule has 9 nitrogen and oxygen atoms in total. The number of nitrogens with zero attached hydrogens (tertiary/aromatic N) is 2. The van der Waals surface area contributed by atoms with Crippen LogP contribution in [0.15, 0.2) is 18.2 Å². The van der Waals surface area contributed by atoms with Gasteiger partial charge in [0, 0.05) is 56.5 Å². The van der Waals surface area contributed by atoms with Gasteiger partial charge in [0.2, 0.25) is 11.8 Å². The van der Waals surface area contributed by atoms with Crippen LogP contribution in [-0.4, -0.2) is 61.4 Å². The van der Waals surface area contributed by atoms with Crippen LogP contribution in [-0.2, 0) is 16.1 Å². The third-order valence-corrected chi connectivity index (χ3v) is 6.30. The molecule has 2 aliphatic rings. The predicted molar refractivity (Wildman–Crippen MR) is 126 cm³/mol. The Hall–Kier alpha value is -3.10. The average Bonchev–Trinajstić information content (AvgIpc) is 3.14. The quantitative estimate of drug-likeness (QED) is 0.348. The third-order valence-electron chi connectivity index (χ3n) is 6.30. The Labute approximate surface area is 195 Å².